The van der Waals surface area contributed by atoms with Gasteiger partial charge in [-0.25, -0.2) is 9.67 Å². The molecule has 0 aliphatic carbocycles. The molecule has 7 heteroatoms. The number of aromatic nitrogens is 3. The van der Waals surface area contributed by atoms with Gasteiger partial charge in [-0.05, 0) is 19.9 Å². The molecule has 0 saturated heterocycles. The lowest BCUT2D eigenvalue weighted by atomic mass is 10.3. The van der Waals surface area contributed by atoms with Gasteiger partial charge in [-0.15, -0.1) is 0 Å². The van der Waals surface area contributed by atoms with Gasteiger partial charge in [0.1, 0.15) is 6.61 Å². The van der Waals surface area contributed by atoms with E-state index in [9.17, 15) is 4.79 Å². The van der Waals surface area contributed by atoms with Crippen LogP contribution in [0.25, 0.3) is 11.0 Å². The molecule has 2 aromatic rings. The summed E-state index contributed by atoms with van der Waals surface area (Å²) in [7, 11) is 0. The number of hydrogen-bond acceptors (Lipinski definition) is 5. The molecule has 0 fully saturated rings. The van der Waals surface area contributed by atoms with E-state index in [1.807, 2.05) is 24.6 Å². The van der Waals surface area contributed by atoms with Crippen LogP contribution in [0.1, 0.15) is 19.9 Å². The summed E-state index contributed by atoms with van der Waals surface area (Å²) in [4.78, 5) is 15.9. The monoisotopic (exact) mass is 277 g/mol. The second-order valence-electron chi connectivity index (χ2n) is 4.71. The standard InChI is InChI=1S/C13H19N5O2/c1-9(2)18-13-10(6-16-18)5-11(7-15-13)17-12(19)8-20-4-3-14/h5-7,9H,3-4,8,14H2,1-2H3,(H,17,19). The summed E-state index contributed by atoms with van der Waals surface area (Å²) in [5.41, 5.74) is 6.71. The fraction of sp³-hybridized carbons (Fsp3) is 0.462. The number of amides is 1. The number of rotatable bonds is 6. The Morgan fingerprint density at radius 2 is 2.30 bits per heavy atom. The molecule has 0 aromatic carbocycles. The van der Waals surface area contributed by atoms with Crippen LogP contribution in [-0.4, -0.2) is 40.4 Å². The fourth-order valence-corrected chi connectivity index (χ4v) is 1.83. The van der Waals surface area contributed by atoms with E-state index < -0.39 is 0 Å². The predicted molar refractivity (Wildman–Crippen MR) is 76.4 cm³/mol. The average Bonchev–Trinajstić information content (AvgIpc) is 2.82. The van der Waals surface area contributed by atoms with Crippen LogP contribution in [0.15, 0.2) is 18.5 Å². The minimum absolute atomic E-state index is 0.0134. The summed E-state index contributed by atoms with van der Waals surface area (Å²) in [6, 6.07) is 2.08. The fourth-order valence-electron chi connectivity index (χ4n) is 1.83. The van der Waals surface area contributed by atoms with E-state index >= 15 is 0 Å². The van der Waals surface area contributed by atoms with Crippen LogP contribution >= 0.6 is 0 Å². The zero-order chi connectivity index (χ0) is 14.5. The Balaban J connectivity index is 2.07. The highest BCUT2D eigenvalue weighted by Crippen LogP contribution is 2.18. The van der Waals surface area contributed by atoms with Crippen molar-refractivity contribution in [1.29, 1.82) is 0 Å². The number of nitrogens with one attached hydrogen (secondary N) is 1. The minimum atomic E-state index is -0.226. The summed E-state index contributed by atoms with van der Waals surface area (Å²) in [6.45, 7) is 4.83. The molecule has 0 atom stereocenters. The zero-order valence-corrected chi connectivity index (χ0v) is 11.7. The van der Waals surface area contributed by atoms with Crippen LogP contribution in [-0.2, 0) is 9.53 Å². The molecular weight excluding hydrogens is 258 g/mol. The third kappa shape index (κ3) is 3.31. The lowest BCUT2D eigenvalue weighted by Crippen LogP contribution is -2.20. The van der Waals surface area contributed by atoms with Crippen LogP contribution in [0.5, 0.6) is 0 Å². The van der Waals surface area contributed by atoms with Gasteiger partial charge in [0, 0.05) is 18.0 Å². The molecule has 2 heterocycles. The van der Waals surface area contributed by atoms with Crippen LogP contribution in [0, 0.1) is 0 Å². The number of hydrogen-bond donors (Lipinski definition) is 2. The van der Waals surface area contributed by atoms with E-state index in [2.05, 4.69) is 15.4 Å². The summed E-state index contributed by atoms with van der Waals surface area (Å²) in [5.74, 6) is -0.226. The number of nitrogens with two attached hydrogens (primary N) is 1. The van der Waals surface area contributed by atoms with Crippen LogP contribution in [0.4, 0.5) is 5.69 Å². The van der Waals surface area contributed by atoms with Gasteiger partial charge in [0.25, 0.3) is 0 Å². The molecule has 20 heavy (non-hydrogen) atoms. The van der Waals surface area contributed by atoms with E-state index in [1.165, 1.54) is 0 Å². The highest BCUT2D eigenvalue weighted by atomic mass is 16.5. The predicted octanol–water partition coefficient (Wildman–Crippen LogP) is 0.926. The molecule has 0 aliphatic heterocycles. The minimum Gasteiger partial charge on any atom is -0.370 e. The van der Waals surface area contributed by atoms with Crippen LogP contribution in [0.2, 0.25) is 0 Å². The van der Waals surface area contributed by atoms with Crippen molar-refractivity contribution in [2.24, 2.45) is 5.73 Å². The number of carbonyl (C=O) groups excluding carboxylic acids is 1. The van der Waals surface area contributed by atoms with Crippen molar-refractivity contribution in [3.63, 3.8) is 0 Å². The topological polar surface area (TPSA) is 95.1 Å². The van der Waals surface area contributed by atoms with Crippen molar-refractivity contribution in [3.8, 4) is 0 Å². The molecule has 108 valence electrons. The Kier molecular flexibility index (Phi) is 4.65. The van der Waals surface area contributed by atoms with Crippen molar-refractivity contribution in [1.82, 2.24) is 14.8 Å². The number of carbonyl (C=O) groups is 1. The van der Waals surface area contributed by atoms with Gasteiger partial charge >= 0.3 is 0 Å². The SMILES string of the molecule is CC(C)n1ncc2cc(NC(=O)COCCN)cnc21. The second kappa shape index (κ2) is 6.44. The molecule has 0 bridgehead atoms. The maximum Gasteiger partial charge on any atom is 0.250 e. The van der Waals surface area contributed by atoms with Gasteiger partial charge in [0.2, 0.25) is 5.91 Å². The number of anilines is 1. The van der Waals surface area contributed by atoms with Gasteiger partial charge in [0.05, 0.1) is 24.7 Å². The Bertz CT molecular complexity index is 593. The summed E-state index contributed by atoms with van der Waals surface area (Å²) >= 11 is 0. The Hall–Kier alpha value is -1.99. The maximum atomic E-state index is 11.6. The number of ether oxygens (including phenoxy) is 1. The lowest BCUT2D eigenvalue weighted by Gasteiger charge is -2.07. The average molecular weight is 277 g/mol. The van der Waals surface area contributed by atoms with Crippen molar-refractivity contribution < 1.29 is 9.53 Å². The first-order valence-electron chi connectivity index (χ1n) is 6.52. The molecule has 0 aliphatic rings. The van der Waals surface area contributed by atoms with E-state index in [-0.39, 0.29) is 18.6 Å². The van der Waals surface area contributed by atoms with Crippen LogP contribution < -0.4 is 11.1 Å². The second-order valence-corrected chi connectivity index (χ2v) is 4.71. The first kappa shape index (κ1) is 14.4. The molecule has 3 N–H and O–H groups in total. The molecule has 2 rings (SSSR count). The van der Waals surface area contributed by atoms with Gasteiger partial charge < -0.3 is 15.8 Å². The normalized spacial score (nSPS) is 11.2. The summed E-state index contributed by atoms with van der Waals surface area (Å²) in [5, 5.41) is 7.89. The molecule has 7 nitrogen and oxygen atoms in total. The van der Waals surface area contributed by atoms with E-state index in [4.69, 9.17) is 10.5 Å². The van der Waals surface area contributed by atoms with Gasteiger partial charge in [0.15, 0.2) is 5.65 Å². The molecule has 0 spiro atoms. The van der Waals surface area contributed by atoms with Crippen molar-refractivity contribution >= 4 is 22.6 Å². The van der Waals surface area contributed by atoms with Crippen molar-refractivity contribution in [3.05, 3.63) is 18.5 Å². The van der Waals surface area contributed by atoms with E-state index in [1.54, 1.807) is 12.4 Å². The smallest absolute Gasteiger partial charge is 0.250 e. The molecule has 0 unspecified atom stereocenters. The lowest BCUT2D eigenvalue weighted by molar-refractivity contribution is -0.120. The zero-order valence-electron chi connectivity index (χ0n) is 11.7. The molecular formula is C13H19N5O2. The van der Waals surface area contributed by atoms with Gasteiger partial charge in [-0.3, -0.25) is 4.79 Å². The van der Waals surface area contributed by atoms with Gasteiger partial charge in [-0.2, -0.15) is 5.10 Å². The number of nitrogens with zero attached hydrogens (tertiary/aromatic N) is 3. The maximum absolute atomic E-state index is 11.6. The third-order valence-electron chi connectivity index (χ3n) is 2.70. The molecule has 0 radical (unpaired) electrons. The molecule has 1 amide bonds. The van der Waals surface area contributed by atoms with E-state index in [0.717, 1.165) is 11.0 Å². The summed E-state index contributed by atoms with van der Waals surface area (Å²) in [6.07, 6.45) is 3.35. The number of pyridine rings is 1. The Morgan fingerprint density at radius 3 is 3.00 bits per heavy atom. The summed E-state index contributed by atoms with van der Waals surface area (Å²) < 4.78 is 6.90. The molecule has 0 saturated carbocycles. The van der Waals surface area contributed by atoms with E-state index in [0.29, 0.717) is 18.8 Å². The third-order valence-corrected chi connectivity index (χ3v) is 2.70. The van der Waals surface area contributed by atoms with Gasteiger partial charge in [-0.1, -0.05) is 0 Å². The molecule has 2 aromatic heterocycles. The van der Waals surface area contributed by atoms with Crippen LogP contribution in [0.3, 0.4) is 0 Å². The van der Waals surface area contributed by atoms with Crippen molar-refractivity contribution in [2.75, 3.05) is 25.1 Å². The number of fused-ring (bicyclic) bond motifs is 1. The first-order valence-corrected chi connectivity index (χ1v) is 6.52. The Labute approximate surface area is 117 Å². The highest BCUT2D eigenvalue weighted by molar-refractivity contribution is 5.93. The quantitative estimate of drug-likeness (QED) is 0.766. The Morgan fingerprint density at radius 1 is 1.50 bits per heavy atom. The first-order chi connectivity index (χ1) is 9.61. The highest BCUT2D eigenvalue weighted by Gasteiger charge is 2.09. The largest absolute Gasteiger partial charge is 0.370 e. The van der Waals surface area contributed by atoms with Crippen molar-refractivity contribution in [2.45, 2.75) is 19.9 Å².